The lowest BCUT2D eigenvalue weighted by molar-refractivity contribution is -0.275. The third kappa shape index (κ3) is 6.54. The van der Waals surface area contributed by atoms with Gasteiger partial charge in [-0.1, -0.05) is 0 Å². The van der Waals surface area contributed by atoms with Crippen LogP contribution in [0.1, 0.15) is 27.2 Å². The third-order valence-corrected chi connectivity index (χ3v) is 5.07. The number of halogens is 4. The molecule has 11 heteroatoms. The number of piperazine rings is 1. The van der Waals surface area contributed by atoms with Gasteiger partial charge in [0.15, 0.2) is 11.6 Å². The molecule has 2 unspecified atom stereocenters. The molecule has 2 bridgehead atoms. The Hall–Kier alpha value is -2.40. The molecular formula is C20H26F4N4O3. The number of nitrogens with one attached hydrogen (secondary N) is 2. The maximum absolute atomic E-state index is 13.5. The number of nitrogens with zero attached hydrogens (tertiary/aromatic N) is 2. The molecule has 0 spiro atoms. The molecule has 7 nitrogen and oxygen atoms in total. The molecule has 0 aromatic heterocycles. The van der Waals surface area contributed by atoms with Crippen molar-refractivity contribution in [3.05, 3.63) is 24.0 Å². The van der Waals surface area contributed by atoms with E-state index < -0.39 is 23.8 Å². The molecule has 3 heterocycles. The van der Waals surface area contributed by atoms with Gasteiger partial charge in [-0.15, -0.1) is 13.2 Å². The van der Waals surface area contributed by atoms with E-state index in [4.69, 9.17) is 0 Å². The minimum Gasteiger partial charge on any atom is -0.403 e. The summed E-state index contributed by atoms with van der Waals surface area (Å²) in [5, 5.41) is 5.40. The van der Waals surface area contributed by atoms with Crippen LogP contribution < -0.4 is 15.4 Å². The fraction of sp³-hybridized carbons (Fsp3) is 0.600. The predicted molar refractivity (Wildman–Crippen MR) is 105 cm³/mol. The first-order valence-corrected chi connectivity index (χ1v) is 9.93. The second-order valence-electron chi connectivity index (χ2n) is 8.95. The highest BCUT2D eigenvalue weighted by Crippen LogP contribution is 2.32. The third-order valence-electron chi connectivity index (χ3n) is 5.07. The Labute approximate surface area is 177 Å². The zero-order chi connectivity index (χ0) is 23.0. The standard InChI is InChI=1S/C20H26F4N4O3/c1-19(2,3)26-18(30)11-28-13-7-14(28)9-27(8-13)10-17(29)25-12-4-5-15(21)16(6-12)31-20(22,23)24/h4-6,13-14H,7-11H2,1-3H3,(H,25,29)(H,26,30). The Morgan fingerprint density at radius 3 is 2.32 bits per heavy atom. The number of ether oxygens (including phenoxy) is 1. The first-order valence-electron chi connectivity index (χ1n) is 9.93. The number of carbonyl (C=O) groups is 2. The predicted octanol–water partition coefficient (Wildman–Crippen LogP) is 2.34. The summed E-state index contributed by atoms with van der Waals surface area (Å²) < 4.78 is 54.2. The number of hydrogen-bond donors (Lipinski definition) is 2. The van der Waals surface area contributed by atoms with Crippen molar-refractivity contribution in [3.63, 3.8) is 0 Å². The minimum atomic E-state index is -5.03. The van der Waals surface area contributed by atoms with Crippen molar-refractivity contribution < 1.29 is 31.9 Å². The van der Waals surface area contributed by atoms with Crippen molar-refractivity contribution >= 4 is 17.5 Å². The lowest BCUT2D eigenvalue weighted by Crippen LogP contribution is -2.70. The van der Waals surface area contributed by atoms with Crippen molar-refractivity contribution in [1.82, 2.24) is 15.1 Å². The van der Waals surface area contributed by atoms with Crippen LogP contribution in [-0.2, 0) is 9.59 Å². The van der Waals surface area contributed by atoms with Gasteiger partial charge in [-0.2, -0.15) is 0 Å². The zero-order valence-corrected chi connectivity index (χ0v) is 17.6. The molecule has 1 aromatic carbocycles. The maximum atomic E-state index is 13.5. The normalized spacial score (nSPS) is 21.9. The summed E-state index contributed by atoms with van der Waals surface area (Å²) in [5.74, 6) is -2.65. The zero-order valence-electron chi connectivity index (χ0n) is 17.6. The van der Waals surface area contributed by atoms with Gasteiger partial charge in [0.05, 0.1) is 13.1 Å². The van der Waals surface area contributed by atoms with Crippen molar-refractivity contribution in [2.75, 3.05) is 31.5 Å². The molecule has 1 aromatic rings. The summed E-state index contributed by atoms with van der Waals surface area (Å²) in [5.41, 5.74) is -0.291. The Balaban J connectivity index is 1.49. The number of amides is 2. The van der Waals surface area contributed by atoms with E-state index >= 15 is 0 Å². The lowest BCUT2D eigenvalue weighted by atomic mass is 9.87. The SMILES string of the molecule is CC(C)(C)NC(=O)CN1C2CC1CN(CC(=O)Nc1ccc(F)c(OC(F)(F)F)c1)C2. The van der Waals surface area contributed by atoms with E-state index in [9.17, 15) is 27.2 Å². The molecule has 31 heavy (non-hydrogen) atoms. The van der Waals surface area contributed by atoms with Crippen LogP contribution in [0.3, 0.4) is 0 Å². The topological polar surface area (TPSA) is 73.9 Å². The van der Waals surface area contributed by atoms with Gasteiger partial charge in [0.25, 0.3) is 0 Å². The van der Waals surface area contributed by atoms with Crippen LogP contribution >= 0.6 is 0 Å². The van der Waals surface area contributed by atoms with E-state index in [1.54, 1.807) is 0 Å². The van der Waals surface area contributed by atoms with Gasteiger partial charge in [-0.25, -0.2) is 4.39 Å². The van der Waals surface area contributed by atoms with Gasteiger partial charge in [-0.3, -0.25) is 19.4 Å². The van der Waals surface area contributed by atoms with E-state index in [0.717, 1.165) is 18.6 Å². The van der Waals surface area contributed by atoms with E-state index in [0.29, 0.717) is 19.6 Å². The number of benzene rings is 1. The highest BCUT2D eigenvalue weighted by atomic mass is 19.4. The first kappa shape index (κ1) is 23.3. The summed E-state index contributed by atoms with van der Waals surface area (Å²) in [7, 11) is 0. The highest BCUT2D eigenvalue weighted by molar-refractivity contribution is 5.92. The Morgan fingerprint density at radius 2 is 1.74 bits per heavy atom. The average Bonchev–Trinajstić information content (AvgIpc) is 2.60. The number of hydrogen-bond acceptors (Lipinski definition) is 5. The Bertz CT molecular complexity index is 829. The molecule has 172 valence electrons. The van der Waals surface area contributed by atoms with Gasteiger partial charge in [0, 0.05) is 42.5 Å². The molecule has 3 fully saturated rings. The van der Waals surface area contributed by atoms with E-state index in [1.807, 2.05) is 25.7 Å². The van der Waals surface area contributed by atoms with Gasteiger partial charge < -0.3 is 15.4 Å². The summed E-state index contributed by atoms with van der Waals surface area (Å²) in [6, 6.07) is 3.11. The molecule has 4 rings (SSSR count). The van der Waals surface area contributed by atoms with Gasteiger partial charge in [-0.05, 0) is 39.3 Å². The number of alkyl halides is 3. The van der Waals surface area contributed by atoms with Crippen molar-refractivity contribution in [2.24, 2.45) is 0 Å². The number of carbonyl (C=O) groups excluding carboxylic acids is 2. The molecule has 0 aliphatic carbocycles. The largest absolute Gasteiger partial charge is 0.573 e. The molecule has 0 saturated carbocycles. The summed E-state index contributed by atoms with van der Waals surface area (Å²) >= 11 is 0. The number of piperidine rings is 1. The van der Waals surface area contributed by atoms with Crippen LogP contribution in [0.4, 0.5) is 23.2 Å². The van der Waals surface area contributed by atoms with E-state index in [2.05, 4.69) is 20.3 Å². The molecule has 2 atom stereocenters. The van der Waals surface area contributed by atoms with Crippen LogP contribution in [0.5, 0.6) is 5.75 Å². The fourth-order valence-electron chi connectivity index (χ4n) is 3.97. The Kier molecular flexibility index (Phi) is 6.47. The molecule has 0 radical (unpaired) electrons. The molecule has 2 N–H and O–H groups in total. The second kappa shape index (κ2) is 8.62. The number of fused-ring (bicyclic) bond motifs is 2. The van der Waals surface area contributed by atoms with E-state index in [-0.39, 0.29) is 35.8 Å². The summed E-state index contributed by atoms with van der Waals surface area (Å²) in [6.45, 7) is 7.33. The van der Waals surface area contributed by atoms with Crippen LogP contribution in [0.15, 0.2) is 18.2 Å². The first-order chi connectivity index (χ1) is 14.3. The van der Waals surface area contributed by atoms with Crippen LogP contribution in [-0.4, -0.2) is 71.8 Å². The highest BCUT2D eigenvalue weighted by Gasteiger charge is 2.45. The number of rotatable bonds is 6. The van der Waals surface area contributed by atoms with Gasteiger partial charge in [0.1, 0.15) is 0 Å². The maximum Gasteiger partial charge on any atom is 0.573 e. The van der Waals surface area contributed by atoms with Gasteiger partial charge >= 0.3 is 6.36 Å². The molecule has 3 aliphatic rings. The van der Waals surface area contributed by atoms with Crippen LogP contribution in [0.2, 0.25) is 0 Å². The fourth-order valence-corrected chi connectivity index (χ4v) is 3.97. The van der Waals surface area contributed by atoms with Gasteiger partial charge in [0.2, 0.25) is 11.8 Å². The molecular weight excluding hydrogens is 420 g/mol. The number of anilines is 1. The summed E-state index contributed by atoms with van der Waals surface area (Å²) in [6.07, 6.45) is -4.08. The molecule has 2 amide bonds. The molecule has 3 saturated heterocycles. The Morgan fingerprint density at radius 1 is 1.10 bits per heavy atom. The van der Waals surface area contributed by atoms with E-state index in [1.165, 1.54) is 6.07 Å². The average molecular weight is 446 g/mol. The van der Waals surface area contributed by atoms with Crippen molar-refractivity contribution in [1.29, 1.82) is 0 Å². The smallest absolute Gasteiger partial charge is 0.403 e. The quantitative estimate of drug-likeness (QED) is 0.657. The second-order valence-corrected chi connectivity index (χ2v) is 8.95. The van der Waals surface area contributed by atoms with Crippen molar-refractivity contribution in [2.45, 2.75) is 51.2 Å². The monoisotopic (exact) mass is 446 g/mol. The van der Waals surface area contributed by atoms with Crippen molar-refractivity contribution in [3.8, 4) is 5.75 Å². The van der Waals surface area contributed by atoms with Crippen LogP contribution in [0.25, 0.3) is 0 Å². The van der Waals surface area contributed by atoms with Crippen LogP contribution in [0, 0.1) is 5.82 Å². The lowest BCUT2D eigenvalue weighted by Gasteiger charge is -2.56. The summed E-state index contributed by atoms with van der Waals surface area (Å²) in [4.78, 5) is 28.5. The molecule has 3 aliphatic heterocycles. The minimum absolute atomic E-state index is 0.00768.